The molecular weight excluding hydrogens is 266 g/mol. The van der Waals surface area contributed by atoms with Crippen LogP contribution in [0.4, 0.5) is 0 Å². The lowest BCUT2D eigenvalue weighted by molar-refractivity contribution is 0.0537. The van der Waals surface area contributed by atoms with Gasteiger partial charge in [-0.25, -0.2) is 4.98 Å². The van der Waals surface area contributed by atoms with Crippen molar-refractivity contribution in [3.63, 3.8) is 0 Å². The second-order valence-corrected chi connectivity index (χ2v) is 3.80. The van der Waals surface area contributed by atoms with E-state index in [9.17, 15) is 0 Å². The Hall–Kier alpha value is -1.36. The number of fused-ring (bicyclic) bond motifs is 1. The Morgan fingerprint density at radius 1 is 0.947 bits per heavy atom. The summed E-state index contributed by atoms with van der Waals surface area (Å²) in [6.07, 6.45) is 0. The lowest BCUT2D eigenvalue weighted by atomic mass is 10.2. The van der Waals surface area contributed by atoms with Gasteiger partial charge in [0.15, 0.2) is 0 Å². The highest BCUT2D eigenvalue weighted by Gasteiger charge is 1.98. The van der Waals surface area contributed by atoms with E-state index in [0.717, 1.165) is 10.9 Å². The molecule has 4 nitrogen and oxygen atoms in total. The van der Waals surface area contributed by atoms with Crippen molar-refractivity contribution in [2.24, 2.45) is 0 Å². The number of rotatable bonds is 7. The van der Waals surface area contributed by atoms with Crippen molar-refractivity contribution in [3.8, 4) is 5.88 Å². The van der Waals surface area contributed by atoms with Crippen LogP contribution in [0, 0.1) is 0 Å². The quantitative estimate of drug-likeness (QED) is 0.733. The van der Waals surface area contributed by atoms with E-state index in [1.54, 1.807) is 7.11 Å². The van der Waals surface area contributed by atoms with Gasteiger partial charge in [-0.1, -0.05) is 18.2 Å². The number of ether oxygens (including phenoxy) is 3. The molecule has 0 saturated carbocycles. The second kappa shape index (κ2) is 8.69. The summed E-state index contributed by atoms with van der Waals surface area (Å²) in [6, 6.07) is 11.8. The van der Waals surface area contributed by atoms with Gasteiger partial charge in [-0.15, -0.1) is 12.4 Å². The maximum absolute atomic E-state index is 5.52. The topological polar surface area (TPSA) is 40.6 Å². The molecule has 0 bridgehead atoms. The van der Waals surface area contributed by atoms with E-state index in [2.05, 4.69) is 4.98 Å². The van der Waals surface area contributed by atoms with Crippen LogP contribution < -0.4 is 4.74 Å². The number of hydrogen-bond donors (Lipinski definition) is 0. The van der Waals surface area contributed by atoms with Gasteiger partial charge in [0.2, 0.25) is 5.88 Å². The molecule has 0 fully saturated rings. The Balaban J connectivity index is 0.00000180. The van der Waals surface area contributed by atoms with Crippen molar-refractivity contribution in [3.05, 3.63) is 36.4 Å². The van der Waals surface area contributed by atoms with Crippen molar-refractivity contribution in [1.29, 1.82) is 0 Å². The summed E-state index contributed by atoms with van der Waals surface area (Å²) in [5, 5.41) is 1.11. The van der Waals surface area contributed by atoms with Gasteiger partial charge in [0.1, 0.15) is 6.61 Å². The zero-order valence-corrected chi connectivity index (χ0v) is 11.7. The smallest absolute Gasteiger partial charge is 0.213 e. The van der Waals surface area contributed by atoms with Crippen LogP contribution in [-0.2, 0) is 9.47 Å². The van der Waals surface area contributed by atoms with Crippen molar-refractivity contribution in [2.75, 3.05) is 33.5 Å². The SMILES string of the molecule is COCCOCCOc1ccc2ccccc2n1.Cl. The minimum absolute atomic E-state index is 0. The van der Waals surface area contributed by atoms with Crippen LogP contribution in [0.3, 0.4) is 0 Å². The first-order chi connectivity index (χ1) is 8.90. The highest BCUT2D eigenvalue weighted by atomic mass is 35.5. The maximum Gasteiger partial charge on any atom is 0.213 e. The summed E-state index contributed by atoms with van der Waals surface area (Å²) in [6.45, 7) is 2.23. The lowest BCUT2D eigenvalue weighted by Gasteiger charge is -2.06. The lowest BCUT2D eigenvalue weighted by Crippen LogP contribution is -2.10. The Labute approximate surface area is 119 Å². The Morgan fingerprint density at radius 2 is 1.74 bits per heavy atom. The van der Waals surface area contributed by atoms with Crippen LogP contribution in [-0.4, -0.2) is 38.5 Å². The summed E-state index contributed by atoms with van der Waals surface area (Å²) in [7, 11) is 1.65. The normalized spacial score (nSPS) is 10.2. The highest BCUT2D eigenvalue weighted by molar-refractivity contribution is 5.85. The van der Waals surface area contributed by atoms with Crippen molar-refractivity contribution in [1.82, 2.24) is 4.98 Å². The molecule has 0 spiro atoms. The molecule has 1 aromatic carbocycles. The van der Waals surface area contributed by atoms with E-state index in [-0.39, 0.29) is 12.4 Å². The minimum Gasteiger partial charge on any atom is -0.475 e. The molecule has 5 heteroatoms. The minimum atomic E-state index is 0. The molecule has 0 aliphatic heterocycles. The second-order valence-electron chi connectivity index (χ2n) is 3.80. The average Bonchev–Trinajstić information content (AvgIpc) is 2.42. The van der Waals surface area contributed by atoms with Crippen molar-refractivity contribution < 1.29 is 14.2 Å². The summed E-state index contributed by atoms with van der Waals surface area (Å²) in [5.41, 5.74) is 0.940. The number of aromatic nitrogens is 1. The molecule has 0 saturated heterocycles. The third kappa shape index (κ3) is 5.03. The third-order valence-electron chi connectivity index (χ3n) is 2.48. The molecule has 0 amide bonds. The number of nitrogens with zero attached hydrogens (tertiary/aromatic N) is 1. The zero-order chi connectivity index (χ0) is 12.6. The molecule has 1 aromatic heterocycles. The first-order valence-corrected chi connectivity index (χ1v) is 5.95. The van der Waals surface area contributed by atoms with Gasteiger partial charge in [-0.3, -0.25) is 0 Å². The van der Waals surface area contributed by atoms with E-state index < -0.39 is 0 Å². The van der Waals surface area contributed by atoms with E-state index in [1.165, 1.54) is 0 Å². The van der Waals surface area contributed by atoms with E-state index in [0.29, 0.717) is 32.3 Å². The maximum atomic E-state index is 5.52. The number of pyridine rings is 1. The molecule has 19 heavy (non-hydrogen) atoms. The van der Waals surface area contributed by atoms with Gasteiger partial charge < -0.3 is 14.2 Å². The molecule has 0 atom stereocenters. The first-order valence-electron chi connectivity index (χ1n) is 5.95. The van der Waals surface area contributed by atoms with Crippen LogP contribution in [0.15, 0.2) is 36.4 Å². The van der Waals surface area contributed by atoms with Gasteiger partial charge >= 0.3 is 0 Å². The van der Waals surface area contributed by atoms with Crippen molar-refractivity contribution in [2.45, 2.75) is 0 Å². The molecular formula is C14H18ClNO3. The fraction of sp³-hybridized carbons (Fsp3) is 0.357. The first kappa shape index (κ1) is 15.7. The number of hydrogen-bond acceptors (Lipinski definition) is 4. The number of halogens is 1. The molecule has 0 unspecified atom stereocenters. The predicted octanol–water partition coefficient (Wildman–Crippen LogP) is 2.70. The summed E-state index contributed by atoms with van der Waals surface area (Å²) in [4.78, 5) is 4.41. The van der Waals surface area contributed by atoms with E-state index in [4.69, 9.17) is 14.2 Å². The number of benzene rings is 1. The average molecular weight is 284 g/mol. The van der Waals surface area contributed by atoms with Gasteiger partial charge in [-0.05, 0) is 12.1 Å². The Kier molecular flexibility index (Phi) is 7.18. The molecule has 0 aliphatic carbocycles. The summed E-state index contributed by atoms with van der Waals surface area (Å²) >= 11 is 0. The molecule has 0 aliphatic rings. The highest BCUT2D eigenvalue weighted by Crippen LogP contribution is 2.15. The largest absolute Gasteiger partial charge is 0.475 e. The number of methoxy groups -OCH3 is 1. The fourth-order valence-electron chi connectivity index (χ4n) is 1.58. The zero-order valence-electron chi connectivity index (χ0n) is 10.9. The van der Waals surface area contributed by atoms with Crippen molar-refractivity contribution >= 4 is 23.3 Å². The van der Waals surface area contributed by atoms with Gasteiger partial charge in [0.25, 0.3) is 0 Å². The summed E-state index contributed by atoms with van der Waals surface area (Å²) in [5.74, 6) is 0.629. The van der Waals surface area contributed by atoms with Gasteiger partial charge in [0.05, 0.1) is 25.3 Å². The van der Waals surface area contributed by atoms with Crippen LogP contribution in [0.25, 0.3) is 10.9 Å². The van der Waals surface area contributed by atoms with E-state index >= 15 is 0 Å². The Bertz CT molecular complexity index is 493. The van der Waals surface area contributed by atoms with Crippen LogP contribution in [0.2, 0.25) is 0 Å². The van der Waals surface area contributed by atoms with Gasteiger partial charge in [-0.2, -0.15) is 0 Å². The van der Waals surface area contributed by atoms with Crippen LogP contribution >= 0.6 is 12.4 Å². The molecule has 2 rings (SSSR count). The van der Waals surface area contributed by atoms with Crippen LogP contribution in [0.5, 0.6) is 5.88 Å². The fourth-order valence-corrected chi connectivity index (χ4v) is 1.58. The molecule has 0 radical (unpaired) electrons. The standard InChI is InChI=1S/C14H17NO3.ClH/c1-16-8-9-17-10-11-18-14-7-6-12-4-2-3-5-13(12)15-14;/h2-7H,8-11H2,1H3;1H. The third-order valence-corrected chi connectivity index (χ3v) is 2.48. The Morgan fingerprint density at radius 3 is 2.58 bits per heavy atom. The predicted molar refractivity (Wildman–Crippen MR) is 77.2 cm³/mol. The monoisotopic (exact) mass is 283 g/mol. The molecule has 104 valence electrons. The molecule has 0 N–H and O–H groups in total. The molecule has 2 aromatic rings. The molecule has 1 heterocycles. The van der Waals surface area contributed by atoms with Gasteiger partial charge in [0, 0.05) is 18.6 Å². The van der Waals surface area contributed by atoms with E-state index in [1.807, 2.05) is 36.4 Å². The number of para-hydroxylation sites is 1. The summed E-state index contributed by atoms with van der Waals surface area (Å²) < 4.78 is 15.7. The van der Waals surface area contributed by atoms with Crippen LogP contribution in [0.1, 0.15) is 0 Å².